The summed E-state index contributed by atoms with van der Waals surface area (Å²) in [6, 6.07) is 18.8. The van der Waals surface area contributed by atoms with Gasteiger partial charge in [-0.2, -0.15) is 0 Å². The summed E-state index contributed by atoms with van der Waals surface area (Å²) in [5.74, 6) is -0.686. The Morgan fingerprint density at radius 2 is 1.93 bits per heavy atom. The molecule has 1 aromatic heterocycles. The minimum atomic E-state index is -1.04. The van der Waals surface area contributed by atoms with E-state index in [1.54, 1.807) is 6.07 Å². The first-order valence-corrected chi connectivity index (χ1v) is 17.3. The quantitative estimate of drug-likeness (QED) is 0.125. The monoisotopic (exact) mass is 689 g/mol. The third-order valence-corrected chi connectivity index (χ3v) is 10.5. The van der Waals surface area contributed by atoms with Gasteiger partial charge in [0.15, 0.2) is 0 Å². The molecule has 0 spiro atoms. The summed E-state index contributed by atoms with van der Waals surface area (Å²) in [5.41, 5.74) is 3.88. The average molecular weight is 690 g/mol. The molecule has 0 saturated carbocycles. The number of imide groups is 1. The summed E-state index contributed by atoms with van der Waals surface area (Å²) < 4.78 is 13.4. The van der Waals surface area contributed by atoms with Crippen molar-refractivity contribution in [1.29, 1.82) is 0 Å². The number of aromatic hydroxyl groups is 1. The van der Waals surface area contributed by atoms with Crippen LogP contribution in [0.5, 0.6) is 11.5 Å². The Balaban J connectivity index is 1.31. The van der Waals surface area contributed by atoms with E-state index >= 15 is 0 Å². The third-order valence-electron chi connectivity index (χ3n) is 9.10. The zero-order valence-corrected chi connectivity index (χ0v) is 27.6. The summed E-state index contributed by atoms with van der Waals surface area (Å²) in [4.78, 5) is 30.1. The van der Waals surface area contributed by atoms with Gasteiger partial charge in [0.1, 0.15) is 18.1 Å². The molecule has 2 N–H and O–H groups in total. The minimum Gasteiger partial charge on any atom is -0.507 e. The van der Waals surface area contributed by atoms with Crippen molar-refractivity contribution in [3.8, 4) is 11.5 Å². The Hall–Kier alpha value is -3.18. The van der Waals surface area contributed by atoms with Crippen molar-refractivity contribution in [1.82, 2.24) is 4.90 Å². The number of phenolic OH excluding ortho intramolecular Hbond substituents is 1. The van der Waals surface area contributed by atoms with E-state index in [0.717, 1.165) is 50.2 Å². The first-order chi connectivity index (χ1) is 21.8. The first-order valence-electron chi connectivity index (χ1n) is 15.6. The van der Waals surface area contributed by atoms with Crippen molar-refractivity contribution >= 4 is 52.3 Å². The molecular weight excluding hydrogens is 653 g/mol. The predicted molar refractivity (Wildman–Crippen MR) is 180 cm³/mol. The van der Waals surface area contributed by atoms with Crippen LogP contribution >= 0.6 is 27.3 Å². The molecular formula is C35H37BBrNO6S. The highest BCUT2D eigenvalue weighted by Gasteiger charge is 2.57. The van der Waals surface area contributed by atoms with E-state index in [-0.39, 0.29) is 43.0 Å². The van der Waals surface area contributed by atoms with E-state index in [1.807, 2.05) is 66.1 Å². The number of para-hydroxylation sites is 1. The lowest BCUT2D eigenvalue weighted by atomic mass is 9.58. The van der Waals surface area contributed by atoms with Crippen LogP contribution in [0, 0.1) is 17.8 Å². The minimum absolute atomic E-state index is 0.144. The molecule has 234 valence electrons. The number of phenols is 1. The number of hydrogen-bond acceptors (Lipinski definition) is 7. The number of amides is 2. The summed E-state index contributed by atoms with van der Waals surface area (Å²) in [6.45, 7) is 2.68. The number of rotatable bonds is 11. The normalized spacial score (nSPS) is 23.4. The molecule has 0 radical (unpaired) electrons. The number of likely N-dealkylation sites (tertiary alicyclic amines) is 1. The van der Waals surface area contributed by atoms with Gasteiger partial charge in [0.25, 0.3) is 0 Å². The van der Waals surface area contributed by atoms with E-state index < -0.39 is 25.1 Å². The largest absolute Gasteiger partial charge is 0.507 e. The van der Waals surface area contributed by atoms with E-state index in [0.29, 0.717) is 19.3 Å². The van der Waals surface area contributed by atoms with Crippen LogP contribution in [-0.4, -0.2) is 46.7 Å². The molecule has 7 nitrogen and oxygen atoms in total. The fraction of sp³-hybridized carbons (Fsp3) is 0.371. The van der Waals surface area contributed by atoms with Crippen LogP contribution in [0.1, 0.15) is 49.5 Å². The van der Waals surface area contributed by atoms with Crippen molar-refractivity contribution in [3.63, 3.8) is 0 Å². The zero-order chi connectivity index (χ0) is 31.5. The fourth-order valence-electron chi connectivity index (χ4n) is 7.13. The zero-order valence-electron chi connectivity index (χ0n) is 25.2. The Kier molecular flexibility index (Phi) is 9.94. The molecule has 3 heterocycles. The van der Waals surface area contributed by atoms with Gasteiger partial charge in [0, 0.05) is 14.9 Å². The lowest BCUT2D eigenvalue weighted by molar-refractivity contribution is -0.140. The van der Waals surface area contributed by atoms with Gasteiger partial charge in [-0.3, -0.25) is 14.5 Å². The predicted octanol–water partition coefficient (Wildman–Crippen LogP) is 7.26. The Labute approximate surface area is 276 Å². The SMILES string of the molecule is CCC/C(=C\c1cc(Br)ccc1O)CC[C@H]1OB(O)C[C@H]2C1=C(COc1ccccc1)C[C@H]1C(=O)N(Cc3cccs3)C(=O)[C@H]12. The van der Waals surface area contributed by atoms with Crippen LogP contribution in [0.4, 0.5) is 0 Å². The van der Waals surface area contributed by atoms with Crippen molar-refractivity contribution in [2.45, 2.75) is 58.0 Å². The van der Waals surface area contributed by atoms with Gasteiger partial charge >= 0.3 is 7.12 Å². The smallest absolute Gasteiger partial charge is 0.455 e. The molecule has 1 aliphatic carbocycles. The molecule has 4 atom stereocenters. The van der Waals surface area contributed by atoms with Crippen LogP contribution in [0.15, 0.2) is 87.2 Å². The second kappa shape index (κ2) is 14.1. The Morgan fingerprint density at radius 3 is 2.69 bits per heavy atom. The molecule has 2 aromatic carbocycles. The average Bonchev–Trinajstić information content (AvgIpc) is 3.63. The number of thiophene rings is 1. The van der Waals surface area contributed by atoms with Crippen LogP contribution in [-0.2, 0) is 20.8 Å². The molecule has 0 unspecified atom stereocenters. The topological polar surface area (TPSA) is 96.3 Å². The maximum atomic E-state index is 13.9. The van der Waals surface area contributed by atoms with Crippen LogP contribution in [0.3, 0.4) is 0 Å². The van der Waals surface area contributed by atoms with Crippen molar-refractivity contribution < 1.29 is 29.1 Å². The number of allylic oxidation sites excluding steroid dienone is 1. The van der Waals surface area contributed by atoms with Crippen LogP contribution in [0.2, 0.25) is 6.32 Å². The van der Waals surface area contributed by atoms with Gasteiger partial charge in [-0.1, -0.05) is 65.2 Å². The molecule has 10 heteroatoms. The molecule has 2 aliphatic heterocycles. The standard InChI is InChI=1S/C35H37BBrNO6S/c1-2-7-22(16-23-17-25(37)12-13-30(23)39)11-14-31-32-24(21-43-26-8-4-3-5-9-26)18-28-33(29(32)19-36(42)44-31)35(41)38(34(28)40)20-27-10-6-15-45-27/h3-6,8-10,12-13,15-17,28-29,31,33,39,42H,2,7,11,14,18-21H2,1H3/b22-16+/t28-,29+,31-,33-/m1/s1. The maximum absolute atomic E-state index is 13.9. The van der Waals surface area contributed by atoms with E-state index in [2.05, 4.69) is 22.9 Å². The van der Waals surface area contributed by atoms with Crippen LogP contribution < -0.4 is 4.74 Å². The molecule has 2 amide bonds. The van der Waals surface area contributed by atoms with Gasteiger partial charge in [0.2, 0.25) is 11.8 Å². The van der Waals surface area contributed by atoms with Gasteiger partial charge < -0.3 is 19.5 Å². The maximum Gasteiger partial charge on any atom is 0.455 e. The molecule has 45 heavy (non-hydrogen) atoms. The lowest BCUT2D eigenvalue weighted by Crippen LogP contribution is -2.46. The molecule has 3 aromatic rings. The van der Waals surface area contributed by atoms with E-state index in [9.17, 15) is 19.7 Å². The van der Waals surface area contributed by atoms with Gasteiger partial charge in [-0.15, -0.1) is 11.3 Å². The molecule has 3 aliphatic rings. The summed E-state index contributed by atoms with van der Waals surface area (Å²) in [5, 5.41) is 23.4. The van der Waals surface area contributed by atoms with Gasteiger partial charge in [-0.05, 0) is 90.8 Å². The number of ether oxygens (including phenoxy) is 1. The van der Waals surface area contributed by atoms with Gasteiger partial charge in [0.05, 0.1) is 24.5 Å². The van der Waals surface area contributed by atoms with Crippen molar-refractivity contribution in [2.75, 3.05) is 6.61 Å². The summed E-state index contributed by atoms with van der Waals surface area (Å²) in [6.07, 6.45) is 5.36. The number of carbonyl (C=O) groups excluding carboxylic acids is 2. The number of benzene rings is 2. The van der Waals surface area contributed by atoms with Crippen LogP contribution in [0.25, 0.3) is 6.08 Å². The first kappa shape index (κ1) is 31.8. The Morgan fingerprint density at radius 1 is 1.11 bits per heavy atom. The third kappa shape index (κ3) is 6.99. The van der Waals surface area contributed by atoms with Crippen molar-refractivity contribution in [3.05, 3.63) is 97.7 Å². The molecule has 0 bridgehead atoms. The number of halogens is 1. The summed E-state index contributed by atoms with van der Waals surface area (Å²) >= 11 is 5.03. The highest BCUT2D eigenvalue weighted by molar-refractivity contribution is 9.10. The number of fused-ring (bicyclic) bond motifs is 3. The van der Waals surface area contributed by atoms with Gasteiger partial charge in [-0.25, -0.2) is 0 Å². The lowest BCUT2D eigenvalue weighted by Gasteiger charge is -2.43. The highest BCUT2D eigenvalue weighted by Crippen LogP contribution is 2.51. The highest BCUT2D eigenvalue weighted by atomic mass is 79.9. The second-order valence-corrected chi connectivity index (χ2v) is 14.0. The molecule has 6 rings (SSSR count). The number of carbonyl (C=O) groups is 2. The van der Waals surface area contributed by atoms with E-state index in [4.69, 9.17) is 9.39 Å². The number of nitrogens with zero attached hydrogens (tertiary/aromatic N) is 1. The molecule has 2 saturated heterocycles. The second-order valence-electron chi connectivity index (χ2n) is 12.1. The fourth-order valence-corrected chi connectivity index (χ4v) is 8.20. The Bertz CT molecular complexity index is 1590. The van der Waals surface area contributed by atoms with E-state index in [1.165, 1.54) is 16.2 Å². The molecule has 2 fully saturated rings. The number of hydrogen-bond donors (Lipinski definition) is 2. The summed E-state index contributed by atoms with van der Waals surface area (Å²) in [7, 11) is -1.04. The van der Waals surface area contributed by atoms with Crippen molar-refractivity contribution in [2.24, 2.45) is 17.8 Å².